The van der Waals surface area contributed by atoms with Gasteiger partial charge in [0, 0.05) is 7.11 Å². The van der Waals surface area contributed by atoms with E-state index in [1.807, 2.05) is 6.92 Å². The summed E-state index contributed by atoms with van der Waals surface area (Å²) in [5.41, 5.74) is -1.11. The molecule has 0 fully saturated rings. The van der Waals surface area contributed by atoms with E-state index in [0.29, 0.717) is 6.42 Å². The van der Waals surface area contributed by atoms with Crippen LogP contribution in [0.25, 0.3) is 0 Å². The molecule has 0 rings (SSSR count). The van der Waals surface area contributed by atoms with E-state index in [2.05, 4.69) is 0 Å². The van der Waals surface area contributed by atoms with Crippen LogP contribution in [-0.2, 0) is 4.74 Å². The predicted octanol–water partition coefficient (Wildman–Crippen LogP) is 0.545. The van der Waals surface area contributed by atoms with Crippen molar-refractivity contribution in [3.63, 3.8) is 0 Å². The summed E-state index contributed by atoms with van der Waals surface area (Å²) >= 11 is 0. The molecule has 3 nitrogen and oxygen atoms in total. The molecule has 0 heterocycles. The normalized spacial score (nSPS) is 19.4. The SMILES string of the molecule is CCCC(O)C(C)(O)COC. The number of hydrogen-bond donors (Lipinski definition) is 2. The number of methoxy groups -OCH3 is 1. The number of aliphatic hydroxyl groups excluding tert-OH is 1. The van der Waals surface area contributed by atoms with Gasteiger partial charge >= 0.3 is 0 Å². The minimum Gasteiger partial charge on any atom is -0.390 e. The standard InChI is InChI=1S/C8H18O3/c1-4-5-7(9)8(2,10)6-11-3/h7,9-10H,4-6H2,1-3H3. The molecule has 0 aliphatic carbocycles. The number of ether oxygens (including phenoxy) is 1. The highest BCUT2D eigenvalue weighted by Crippen LogP contribution is 2.14. The smallest absolute Gasteiger partial charge is 0.111 e. The maximum absolute atomic E-state index is 9.54. The fourth-order valence-corrected chi connectivity index (χ4v) is 0.973. The lowest BCUT2D eigenvalue weighted by Gasteiger charge is -2.27. The Kier molecular flexibility index (Phi) is 4.65. The summed E-state index contributed by atoms with van der Waals surface area (Å²) in [4.78, 5) is 0. The molecule has 2 atom stereocenters. The first-order chi connectivity index (χ1) is 5.04. The van der Waals surface area contributed by atoms with E-state index in [1.54, 1.807) is 6.92 Å². The van der Waals surface area contributed by atoms with Crippen LogP contribution in [0.5, 0.6) is 0 Å². The van der Waals surface area contributed by atoms with Gasteiger partial charge in [0.25, 0.3) is 0 Å². The quantitative estimate of drug-likeness (QED) is 0.620. The van der Waals surface area contributed by atoms with Crippen molar-refractivity contribution in [2.24, 2.45) is 0 Å². The zero-order valence-corrected chi connectivity index (χ0v) is 7.50. The summed E-state index contributed by atoms with van der Waals surface area (Å²) < 4.78 is 4.76. The Labute approximate surface area is 68.0 Å². The topological polar surface area (TPSA) is 49.7 Å². The van der Waals surface area contributed by atoms with Gasteiger partial charge in [-0.1, -0.05) is 13.3 Å². The van der Waals surface area contributed by atoms with Crippen molar-refractivity contribution >= 4 is 0 Å². The Balaban J connectivity index is 3.83. The van der Waals surface area contributed by atoms with E-state index in [4.69, 9.17) is 4.74 Å². The molecule has 0 saturated carbocycles. The third-order valence-electron chi connectivity index (χ3n) is 1.72. The largest absolute Gasteiger partial charge is 0.390 e. The first-order valence-corrected chi connectivity index (χ1v) is 3.94. The molecule has 0 bridgehead atoms. The molecule has 68 valence electrons. The molecule has 0 aliphatic heterocycles. The van der Waals surface area contributed by atoms with Crippen LogP contribution in [0.2, 0.25) is 0 Å². The molecule has 0 spiro atoms. The lowest BCUT2D eigenvalue weighted by molar-refractivity contribution is -0.103. The van der Waals surface area contributed by atoms with Gasteiger partial charge in [0.05, 0.1) is 12.7 Å². The molecular weight excluding hydrogens is 144 g/mol. The molecule has 2 unspecified atom stereocenters. The van der Waals surface area contributed by atoms with Crippen molar-refractivity contribution in [3.8, 4) is 0 Å². The van der Waals surface area contributed by atoms with Gasteiger partial charge in [0.15, 0.2) is 0 Å². The second-order valence-corrected chi connectivity index (χ2v) is 3.09. The molecule has 0 saturated heterocycles. The zero-order valence-electron chi connectivity index (χ0n) is 7.50. The lowest BCUT2D eigenvalue weighted by atomic mass is 9.97. The molecule has 0 aromatic heterocycles. The van der Waals surface area contributed by atoms with Crippen LogP contribution < -0.4 is 0 Å². The molecule has 0 amide bonds. The Morgan fingerprint density at radius 3 is 2.45 bits per heavy atom. The minimum atomic E-state index is -1.11. The van der Waals surface area contributed by atoms with Crippen molar-refractivity contribution in [1.29, 1.82) is 0 Å². The fraction of sp³-hybridized carbons (Fsp3) is 1.00. The highest BCUT2D eigenvalue weighted by molar-refractivity contribution is 4.80. The minimum absolute atomic E-state index is 0.175. The van der Waals surface area contributed by atoms with Gasteiger partial charge in [-0.05, 0) is 13.3 Å². The van der Waals surface area contributed by atoms with Crippen molar-refractivity contribution in [2.75, 3.05) is 13.7 Å². The van der Waals surface area contributed by atoms with Crippen LogP contribution in [0.15, 0.2) is 0 Å². The van der Waals surface area contributed by atoms with E-state index < -0.39 is 11.7 Å². The third-order valence-corrected chi connectivity index (χ3v) is 1.72. The van der Waals surface area contributed by atoms with Crippen LogP contribution in [0.3, 0.4) is 0 Å². The monoisotopic (exact) mass is 162 g/mol. The van der Waals surface area contributed by atoms with Gasteiger partial charge in [0.2, 0.25) is 0 Å². The highest BCUT2D eigenvalue weighted by Gasteiger charge is 2.29. The molecule has 0 aromatic carbocycles. The van der Waals surface area contributed by atoms with Gasteiger partial charge in [-0.15, -0.1) is 0 Å². The van der Waals surface area contributed by atoms with E-state index >= 15 is 0 Å². The van der Waals surface area contributed by atoms with E-state index in [0.717, 1.165) is 6.42 Å². The third kappa shape index (κ3) is 3.70. The molecule has 2 N–H and O–H groups in total. The van der Waals surface area contributed by atoms with Gasteiger partial charge in [0.1, 0.15) is 5.60 Å². The number of hydrogen-bond acceptors (Lipinski definition) is 3. The van der Waals surface area contributed by atoms with Crippen LogP contribution in [-0.4, -0.2) is 35.6 Å². The maximum Gasteiger partial charge on any atom is 0.111 e. The molecule has 0 radical (unpaired) electrons. The highest BCUT2D eigenvalue weighted by atomic mass is 16.5. The summed E-state index contributed by atoms with van der Waals surface area (Å²) in [7, 11) is 1.51. The van der Waals surface area contributed by atoms with Crippen molar-refractivity contribution in [1.82, 2.24) is 0 Å². The van der Waals surface area contributed by atoms with Gasteiger partial charge < -0.3 is 14.9 Å². The van der Waals surface area contributed by atoms with Crippen LogP contribution in [0, 0.1) is 0 Å². The Bertz CT molecular complexity index is 102. The van der Waals surface area contributed by atoms with E-state index in [1.165, 1.54) is 7.11 Å². The van der Waals surface area contributed by atoms with Crippen molar-refractivity contribution in [3.05, 3.63) is 0 Å². The van der Waals surface area contributed by atoms with Crippen molar-refractivity contribution < 1.29 is 14.9 Å². The first-order valence-electron chi connectivity index (χ1n) is 3.94. The van der Waals surface area contributed by atoms with Gasteiger partial charge in [-0.2, -0.15) is 0 Å². The zero-order chi connectivity index (χ0) is 8.91. The second kappa shape index (κ2) is 4.70. The first kappa shape index (κ1) is 10.9. The maximum atomic E-state index is 9.54. The van der Waals surface area contributed by atoms with Gasteiger partial charge in [-0.25, -0.2) is 0 Å². The summed E-state index contributed by atoms with van der Waals surface area (Å²) in [6.45, 7) is 3.72. The number of aliphatic hydroxyl groups is 2. The molecule has 3 heteroatoms. The summed E-state index contributed by atoms with van der Waals surface area (Å²) in [5, 5.41) is 18.9. The van der Waals surface area contributed by atoms with E-state index in [9.17, 15) is 10.2 Å². The summed E-state index contributed by atoms with van der Waals surface area (Å²) in [6, 6.07) is 0. The van der Waals surface area contributed by atoms with E-state index in [-0.39, 0.29) is 6.61 Å². The summed E-state index contributed by atoms with van der Waals surface area (Å²) in [6.07, 6.45) is 0.782. The molecule has 11 heavy (non-hydrogen) atoms. The fourth-order valence-electron chi connectivity index (χ4n) is 0.973. The average molecular weight is 162 g/mol. The Morgan fingerprint density at radius 1 is 1.55 bits per heavy atom. The Hall–Kier alpha value is -0.120. The Morgan fingerprint density at radius 2 is 2.09 bits per heavy atom. The summed E-state index contributed by atoms with van der Waals surface area (Å²) in [5.74, 6) is 0. The van der Waals surface area contributed by atoms with Crippen molar-refractivity contribution in [2.45, 2.75) is 38.4 Å². The number of rotatable bonds is 5. The lowest BCUT2D eigenvalue weighted by Crippen LogP contribution is -2.43. The second-order valence-electron chi connectivity index (χ2n) is 3.09. The molecule has 0 aliphatic rings. The molecular formula is C8H18O3. The van der Waals surface area contributed by atoms with Gasteiger partial charge in [-0.3, -0.25) is 0 Å². The van der Waals surface area contributed by atoms with Crippen LogP contribution in [0.1, 0.15) is 26.7 Å². The average Bonchev–Trinajstić information content (AvgIpc) is 1.88. The predicted molar refractivity (Wildman–Crippen MR) is 43.4 cm³/mol. The van der Waals surface area contributed by atoms with Crippen LogP contribution in [0.4, 0.5) is 0 Å². The van der Waals surface area contributed by atoms with Crippen LogP contribution >= 0.6 is 0 Å². The molecule has 0 aromatic rings.